The van der Waals surface area contributed by atoms with Crippen LogP contribution in [-0.4, -0.2) is 40.1 Å². The summed E-state index contributed by atoms with van der Waals surface area (Å²) in [7, 11) is -7.50. The zero-order valence-electron chi connectivity index (χ0n) is 17.6. The van der Waals surface area contributed by atoms with Crippen LogP contribution in [-0.2, 0) is 26.6 Å². The lowest BCUT2D eigenvalue weighted by Crippen LogP contribution is -2.28. The van der Waals surface area contributed by atoms with Crippen molar-refractivity contribution in [1.82, 2.24) is 9.03 Å². The van der Waals surface area contributed by atoms with E-state index < -0.39 is 26.0 Å². The average molecular weight is 490 g/mol. The molecule has 1 fully saturated rings. The van der Waals surface area contributed by atoms with Crippen LogP contribution in [0.5, 0.6) is 0 Å². The van der Waals surface area contributed by atoms with Gasteiger partial charge in [0.15, 0.2) is 0 Å². The second kappa shape index (κ2) is 9.48. The Morgan fingerprint density at radius 3 is 2.36 bits per heavy atom. The Morgan fingerprint density at radius 1 is 0.909 bits per heavy atom. The van der Waals surface area contributed by atoms with Gasteiger partial charge in [-0.1, -0.05) is 12.1 Å². The number of furan rings is 1. The maximum atomic E-state index is 12.8. The first-order chi connectivity index (χ1) is 15.8. The summed E-state index contributed by atoms with van der Waals surface area (Å²) in [6, 6.07) is 14.9. The summed E-state index contributed by atoms with van der Waals surface area (Å²) in [6.07, 6.45) is 3.09. The number of nitrogens with one attached hydrogen (secondary N) is 2. The van der Waals surface area contributed by atoms with Crippen molar-refractivity contribution in [1.29, 1.82) is 0 Å². The van der Waals surface area contributed by atoms with E-state index in [9.17, 15) is 21.6 Å². The highest BCUT2D eigenvalue weighted by molar-refractivity contribution is 7.89. The Kier molecular flexibility index (Phi) is 6.66. The molecule has 0 aliphatic carbocycles. The molecule has 0 unspecified atom stereocenters. The molecule has 2 heterocycles. The van der Waals surface area contributed by atoms with E-state index >= 15 is 0 Å². The molecule has 9 nitrogen and oxygen atoms in total. The molecule has 3 aromatic rings. The monoisotopic (exact) mass is 489 g/mol. The maximum Gasteiger partial charge on any atom is 0.255 e. The van der Waals surface area contributed by atoms with Gasteiger partial charge in [0.1, 0.15) is 5.76 Å². The second-order valence-corrected chi connectivity index (χ2v) is 11.2. The maximum absolute atomic E-state index is 12.8. The van der Waals surface area contributed by atoms with Crippen LogP contribution in [0.3, 0.4) is 0 Å². The Bertz CT molecular complexity index is 1350. The third kappa shape index (κ3) is 5.33. The fraction of sp³-hybridized carbons (Fsp3) is 0.227. The standard InChI is InChI=1S/C22H23N3O6S2/c26-22(24-18-7-4-10-21(15-18)33(29,30)25-11-1-2-12-25)17-6-3-9-20(14-17)32(27,28)23-16-19-8-5-13-31-19/h3-10,13-15,23H,1-2,11-12,16H2,(H,24,26). The Balaban J connectivity index is 1.49. The number of rotatable bonds is 8. The molecule has 1 aromatic heterocycles. The second-order valence-electron chi connectivity index (χ2n) is 7.52. The van der Waals surface area contributed by atoms with E-state index in [2.05, 4.69) is 10.0 Å². The van der Waals surface area contributed by atoms with Crippen molar-refractivity contribution < 1.29 is 26.0 Å². The van der Waals surface area contributed by atoms with E-state index in [1.54, 1.807) is 24.3 Å². The van der Waals surface area contributed by atoms with Crippen LogP contribution >= 0.6 is 0 Å². The van der Waals surface area contributed by atoms with Gasteiger partial charge in [0.25, 0.3) is 5.91 Å². The minimum Gasteiger partial charge on any atom is -0.468 e. The third-order valence-corrected chi connectivity index (χ3v) is 8.51. The fourth-order valence-electron chi connectivity index (χ4n) is 3.48. The lowest BCUT2D eigenvalue weighted by atomic mass is 10.2. The van der Waals surface area contributed by atoms with E-state index in [1.165, 1.54) is 47.0 Å². The summed E-state index contributed by atoms with van der Waals surface area (Å²) < 4.78 is 59.7. The molecule has 174 valence electrons. The number of amides is 1. The number of carbonyl (C=O) groups is 1. The fourth-order valence-corrected chi connectivity index (χ4v) is 6.08. The van der Waals surface area contributed by atoms with Gasteiger partial charge in [-0.3, -0.25) is 4.79 Å². The normalized spacial score (nSPS) is 14.9. The van der Waals surface area contributed by atoms with Crippen molar-refractivity contribution in [2.45, 2.75) is 29.2 Å². The molecular formula is C22H23N3O6S2. The number of hydrogen-bond donors (Lipinski definition) is 2. The molecular weight excluding hydrogens is 466 g/mol. The first kappa shape index (κ1) is 23.2. The number of benzene rings is 2. The van der Waals surface area contributed by atoms with Crippen molar-refractivity contribution in [3.8, 4) is 0 Å². The molecule has 1 amide bonds. The summed E-state index contributed by atoms with van der Waals surface area (Å²) in [4.78, 5) is 12.8. The number of nitrogens with zero attached hydrogens (tertiary/aromatic N) is 1. The molecule has 0 spiro atoms. The predicted octanol–water partition coefficient (Wildman–Crippen LogP) is 2.79. The summed E-state index contributed by atoms with van der Waals surface area (Å²) in [5.41, 5.74) is 0.410. The molecule has 0 atom stereocenters. The predicted molar refractivity (Wildman–Crippen MR) is 122 cm³/mol. The first-order valence-corrected chi connectivity index (χ1v) is 13.2. The molecule has 4 rings (SSSR count). The van der Waals surface area contributed by atoms with E-state index in [0.717, 1.165) is 12.8 Å². The molecule has 2 N–H and O–H groups in total. The van der Waals surface area contributed by atoms with Crippen LogP contribution in [0, 0.1) is 0 Å². The third-order valence-electron chi connectivity index (χ3n) is 5.22. The zero-order chi connectivity index (χ0) is 23.5. The molecule has 1 aliphatic heterocycles. The van der Waals surface area contributed by atoms with Gasteiger partial charge >= 0.3 is 0 Å². The van der Waals surface area contributed by atoms with Gasteiger partial charge in [-0.15, -0.1) is 0 Å². The first-order valence-electron chi connectivity index (χ1n) is 10.3. The summed E-state index contributed by atoms with van der Waals surface area (Å²) >= 11 is 0. The SMILES string of the molecule is O=C(Nc1cccc(S(=O)(=O)N2CCCC2)c1)c1cccc(S(=O)(=O)NCc2ccco2)c1. The molecule has 1 aliphatic rings. The smallest absolute Gasteiger partial charge is 0.255 e. The van der Waals surface area contributed by atoms with Crippen molar-refractivity contribution in [3.63, 3.8) is 0 Å². The van der Waals surface area contributed by atoms with E-state index in [-0.39, 0.29) is 21.9 Å². The van der Waals surface area contributed by atoms with Crippen molar-refractivity contribution in [2.24, 2.45) is 0 Å². The summed E-state index contributed by atoms with van der Waals surface area (Å²) in [5.74, 6) is -0.106. The van der Waals surface area contributed by atoms with Gasteiger partial charge < -0.3 is 9.73 Å². The van der Waals surface area contributed by atoms with E-state index in [4.69, 9.17) is 4.42 Å². The van der Waals surface area contributed by atoms with Gasteiger partial charge in [-0.2, -0.15) is 4.31 Å². The van der Waals surface area contributed by atoms with Gasteiger partial charge in [0.05, 0.1) is 22.6 Å². The Hall–Kier alpha value is -2.99. The van der Waals surface area contributed by atoms with Crippen molar-refractivity contribution in [2.75, 3.05) is 18.4 Å². The van der Waals surface area contributed by atoms with Gasteiger partial charge in [0.2, 0.25) is 20.0 Å². The highest BCUT2D eigenvalue weighted by atomic mass is 32.2. The largest absolute Gasteiger partial charge is 0.468 e. The number of carbonyl (C=O) groups excluding carboxylic acids is 1. The van der Waals surface area contributed by atoms with Crippen LogP contribution in [0.4, 0.5) is 5.69 Å². The zero-order valence-corrected chi connectivity index (χ0v) is 19.2. The average Bonchev–Trinajstić information content (AvgIpc) is 3.53. The van der Waals surface area contributed by atoms with Crippen molar-refractivity contribution >= 4 is 31.6 Å². The Morgan fingerprint density at radius 2 is 1.64 bits per heavy atom. The molecule has 33 heavy (non-hydrogen) atoms. The van der Waals surface area contributed by atoms with Crippen LogP contribution in [0.1, 0.15) is 29.0 Å². The lowest BCUT2D eigenvalue weighted by molar-refractivity contribution is 0.102. The quantitative estimate of drug-likeness (QED) is 0.501. The summed E-state index contributed by atoms with van der Waals surface area (Å²) in [6.45, 7) is 0.937. The summed E-state index contributed by atoms with van der Waals surface area (Å²) in [5, 5.41) is 2.64. The lowest BCUT2D eigenvalue weighted by Gasteiger charge is -2.16. The van der Waals surface area contributed by atoms with Crippen LogP contribution < -0.4 is 10.0 Å². The van der Waals surface area contributed by atoms with E-state index in [1.807, 2.05) is 0 Å². The minimum atomic E-state index is -3.88. The number of sulfonamides is 2. The number of hydrogen-bond acceptors (Lipinski definition) is 6. The molecule has 0 bridgehead atoms. The van der Waals surface area contributed by atoms with E-state index in [0.29, 0.717) is 24.5 Å². The molecule has 2 aromatic carbocycles. The van der Waals surface area contributed by atoms with Gasteiger partial charge in [0, 0.05) is 24.3 Å². The Labute approximate surface area is 192 Å². The highest BCUT2D eigenvalue weighted by Crippen LogP contribution is 2.23. The van der Waals surface area contributed by atoms with Gasteiger partial charge in [-0.25, -0.2) is 21.6 Å². The van der Waals surface area contributed by atoms with Crippen LogP contribution in [0.25, 0.3) is 0 Å². The van der Waals surface area contributed by atoms with Crippen LogP contribution in [0.2, 0.25) is 0 Å². The number of anilines is 1. The van der Waals surface area contributed by atoms with Crippen LogP contribution in [0.15, 0.2) is 81.1 Å². The topological polar surface area (TPSA) is 126 Å². The molecule has 11 heteroatoms. The molecule has 0 radical (unpaired) electrons. The molecule has 1 saturated heterocycles. The minimum absolute atomic E-state index is 0.0238. The molecule has 0 saturated carbocycles. The highest BCUT2D eigenvalue weighted by Gasteiger charge is 2.27. The van der Waals surface area contributed by atoms with Crippen molar-refractivity contribution in [3.05, 3.63) is 78.3 Å². The van der Waals surface area contributed by atoms with Gasteiger partial charge in [-0.05, 0) is 61.4 Å².